The van der Waals surface area contributed by atoms with Gasteiger partial charge in [-0.05, 0) is 43.2 Å². The topological polar surface area (TPSA) is 66.5 Å². The fourth-order valence-corrected chi connectivity index (χ4v) is 2.77. The summed E-state index contributed by atoms with van der Waals surface area (Å²) in [5, 5.41) is 2.70. The molecule has 0 radical (unpaired) electrons. The Labute approximate surface area is 144 Å². The molecule has 0 bridgehead atoms. The molecule has 2 aromatic rings. The average Bonchev–Trinajstić information content (AvgIpc) is 2.86. The summed E-state index contributed by atoms with van der Waals surface area (Å²) >= 11 is 0. The van der Waals surface area contributed by atoms with E-state index < -0.39 is 5.82 Å². The van der Waals surface area contributed by atoms with Gasteiger partial charge in [-0.25, -0.2) is 4.39 Å². The van der Waals surface area contributed by atoms with Crippen LogP contribution in [0.1, 0.15) is 43.9 Å². The summed E-state index contributed by atoms with van der Waals surface area (Å²) in [7, 11) is 0. The Morgan fingerprint density at radius 2 is 1.64 bits per heavy atom. The van der Waals surface area contributed by atoms with Crippen LogP contribution < -0.4 is 5.32 Å². The molecule has 6 heteroatoms. The molecule has 0 aromatic heterocycles. The van der Waals surface area contributed by atoms with Gasteiger partial charge in [0.1, 0.15) is 5.82 Å². The first-order valence-electron chi connectivity index (χ1n) is 8.07. The van der Waals surface area contributed by atoms with Crippen molar-refractivity contribution in [1.29, 1.82) is 0 Å². The molecule has 0 spiro atoms. The molecule has 128 valence electrons. The van der Waals surface area contributed by atoms with E-state index >= 15 is 0 Å². The summed E-state index contributed by atoms with van der Waals surface area (Å²) in [6.45, 7) is 0.695. The molecule has 0 unspecified atom stereocenters. The number of nitrogens with one attached hydrogen (secondary N) is 1. The van der Waals surface area contributed by atoms with E-state index in [1.807, 2.05) is 0 Å². The van der Waals surface area contributed by atoms with Gasteiger partial charge >= 0.3 is 0 Å². The number of hydrogen-bond acceptors (Lipinski definition) is 3. The van der Waals surface area contributed by atoms with Crippen LogP contribution in [0.2, 0.25) is 0 Å². The molecular formula is C19H17FN2O3. The van der Waals surface area contributed by atoms with Crippen LogP contribution in [0.4, 0.5) is 4.39 Å². The van der Waals surface area contributed by atoms with Crippen LogP contribution in [0.15, 0.2) is 48.5 Å². The Kier molecular flexibility index (Phi) is 4.88. The molecule has 3 amide bonds. The van der Waals surface area contributed by atoms with Crippen molar-refractivity contribution in [2.24, 2.45) is 0 Å². The largest absolute Gasteiger partial charge is 0.352 e. The third-order valence-electron chi connectivity index (χ3n) is 4.06. The van der Waals surface area contributed by atoms with Crippen molar-refractivity contribution >= 4 is 17.7 Å². The maximum atomic E-state index is 13.1. The minimum atomic E-state index is -0.460. The van der Waals surface area contributed by atoms with Crippen LogP contribution in [0.5, 0.6) is 0 Å². The van der Waals surface area contributed by atoms with Crippen LogP contribution >= 0.6 is 0 Å². The van der Waals surface area contributed by atoms with Gasteiger partial charge in [-0.2, -0.15) is 0 Å². The Balaban J connectivity index is 1.44. The van der Waals surface area contributed by atoms with Crippen LogP contribution in [0.25, 0.3) is 0 Å². The van der Waals surface area contributed by atoms with Crippen LogP contribution in [-0.2, 0) is 0 Å². The van der Waals surface area contributed by atoms with Gasteiger partial charge in [0.15, 0.2) is 0 Å². The van der Waals surface area contributed by atoms with Gasteiger partial charge in [0.05, 0.1) is 11.1 Å². The second-order valence-electron chi connectivity index (χ2n) is 5.78. The zero-order chi connectivity index (χ0) is 17.8. The molecule has 1 N–H and O–H groups in total. The predicted octanol–water partition coefficient (Wildman–Crippen LogP) is 2.63. The average molecular weight is 340 g/mol. The fraction of sp³-hybridized carbons (Fsp3) is 0.211. The lowest BCUT2D eigenvalue weighted by molar-refractivity contribution is 0.0650. The molecule has 1 aliphatic heterocycles. The van der Waals surface area contributed by atoms with Gasteiger partial charge in [0.25, 0.3) is 17.7 Å². The fourth-order valence-electron chi connectivity index (χ4n) is 2.77. The highest BCUT2D eigenvalue weighted by Crippen LogP contribution is 2.22. The zero-order valence-corrected chi connectivity index (χ0v) is 13.5. The number of carbonyl (C=O) groups excluding carboxylic acids is 3. The Bertz CT molecular complexity index is 800. The van der Waals surface area contributed by atoms with Crippen molar-refractivity contribution in [1.82, 2.24) is 10.2 Å². The number of halogens is 1. The van der Waals surface area contributed by atoms with Crippen molar-refractivity contribution in [2.45, 2.75) is 12.8 Å². The molecule has 0 fully saturated rings. The summed E-state index contributed by atoms with van der Waals surface area (Å²) < 4.78 is 13.1. The molecule has 25 heavy (non-hydrogen) atoms. The number of nitrogens with zero attached hydrogens (tertiary/aromatic N) is 1. The summed E-state index contributed by atoms with van der Waals surface area (Å²) in [5.41, 5.74) is 1.14. The highest BCUT2D eigenvalue weighted by Gasteiger charge is 2.34. The van der Waals surface area contributed by atoms with E-state index in [1.165, 1.54) is 29.2 Å². The van der Waals surface area contributed by atoms with E-state index in [1.54, 1.807) is 24.3 Å². The molecule has 1 heterocycles. The van der Waals surface area contributed by atoms with Gasteiger partial charge < -0.3 is 5.32 Å². The van der Waals surface area contributed by atoms with Crippen molar-refractivity contribution in [3.63, 3.8) is 0 Å². The van der Waals surface area contributed by atoms with E-state index in [2.05, 4.69) is 5.32 Å². The van der Waals surface area contributed by atoms with Gasteiger partial charge in [-0.15, -0.1) is 0 Å². The van der Waals surface area contributed by atoms with Crippen molar-refractivity contribution < 1.29 is 18.8 Å². The van der Waals surface area contributed by atoms with Crippen LogP contribution in [-0.4, -0.2) is 35.7 Å². The number of rotatable bonds is 6. The van der Waals surface area contributed by atoms with Gasteiger partial charge in [-0.1, -0.05) is 18.2 Å². The molecular weight excluding hydrogens is 323 g/mol. The second kappa shape index (κ2) is 7.25. The number of carbonyl (C=O) groups is 3. The molecule has 0 saturated heterocycles. The number of benzene rings is 2. The summed E-state index contributed by atoms with van der Waals surface area (Å²) in [5.74, 6) is -1.35. The summed E-state index contributed by atoms with van der Waals surface area (Å²) in [4.78, 5) is 37.5. The quantitative estimate of drug-likeness (QED) is 0.649. The second-order valence-corrected chi connectivity index (χ2v) is 5.78. The number of fused-ring (bicyclic) bond motifs is 1. The first-order valence-corrected chi connectivity index (χ1v) is 8.07. The van der Waals surface area contributed by atoms with E-state index in [0.717, 1.165) is 0 Å². The summed E-state index contributed by atoms with van der Waals surface area (Å²) in [6.07, 6.45) is 1.18. The van der Waals surface area contributed by atoms with Crippen molar-refractivity contribution in [3.8, 4) is 0 Å². The molecule has 1 aliphatic rings. The Morgan fingerprint density at radius 1 is 0.960 bits per heavy atom. The van der Waals surface area contributed by atoms with E-state index in [9.17, 15) is 18.8 Å². The third-order valence-corrected chi connectivity index (χ3v) is 4.06. The first kappa shape index (κ1) is 16.8. The van der Waals surface area contributed by atoms with E-state index in [0.29, 0.717) is 37.1 Å². The van der Waals surface area contributed by atoms with Crippen LogP contribution in [0.3, 0.4) is 0 Å². The maximum Gasteiger partial charge on any atom is 0.261 e. The highest BCUT2D eigenvalue weighted by molar-refractivity contribution is 6.21. The standard InChI is InChI=1S/C19H17FN2O3/c20-14-7-5-6-13(12-14)17(23)21-10-3-4-11-22-18(24)15-8-1-2-9-16(15)19(22)25/h1-2,5-9,12H,3-4,10-11H2,(H,21,23). The molecule has 0 atom stereocenters. The Morgan fingerprint density at radius 3 is 2.28 bits per heavy atom. The highest BCUT2D eigenvalue weighted by atomic mass is 19.1. The van der Waals surface area contributed by atoms with Gasteiger partial charge in [0, 0.05) is 18.7 Å². The molecule has 3 rings (SSSR count). The van der Waals surface area contributed by atoms with E-state index in [4.69, 9.17) is 0 Å². The third kappa shape index (κ3) is 3.57. The maximum absolute atomic E-state index is 13.1. The molecule has 0 saturated carbocycles. The lowest BCUT2D eigenvalue weighted by atomic mass is 10.1. The number of hydrogen-bond donors (Lipinski definition) is 1. The first-order chi connectivity index (χ1) is 12.1. The lowest BCUT2D eigenvalue weighted by Crippen LogP contribution is -2.31. The summed E-state index contributed by atoms with van der Waals surface area (Å²) in [6, 6.07) is 12.2. The molecule has 2 aromatic carbocycles. The predicted molar refractivity (Wildman–Crippen MR) is 89.8 cm³/mol. The Hall–Kier alpha value is -3.02. The minimum Gasteiger partial charge on any atom is -0.352 e. The molecule has 0 aliphatic carbocycles. The number of amides is 3. The zero-order valence-electron chi connectivity index (χ0n) is 13.5. The van der Waals surface area contributed by atoms with Gasteiger partial charge in [0.2, 0.25) is 0 Å². The smallest absolute Gasteiger partial charge is 0.261 e. The van der Waals surface area contributed by atoms with Crippen molar-refractivity contribution in [2.75, 3.05) is 13.1 Å². The normalized spacial score (nSPS) is 13.1. The SMILES string of the molecule is O=C(NCCCCN1C(=O)c2ccccc2C1=O)c1cccc(F)c1. The minimum absolute atomic E-state index is 0.264. The monoisotopic (exact) mass is 340 g/mol. The van der Waals surface area contributed by atoms with Crippen molar-refractivity contribution in [3.05, 3.63) is 71.0 Å². The number of unbranched alkanes of at least 4 members (excludes halogenated alkanes) is 1. The molecule has 5 nitrogen and oxygen atoms in total. The van der Waals surface area contributed by atoms with Crippen LogP contribution in [0, 0.1) is 5.82 Å². The lowest BCUT2D eigenvalue weighted by Gasteiger charge is -2.13. The van der Waals surface area contributed by atoms with E-state index in [-0.39, 0.29) is 23.3 Å². The number of imide groups is 1. The van der Waals surface area contributed by atoms with Gasteiger partial charge in [-0.3, -0.25) is 19.3 Å².